The second kappa shape index (κ2) is 14.0. The topological polar surface area (TPSA) is 125 Å². The van der Waals surface area contributed by atoms with Crippen LogP contribution in [0.25, 0.3) is 38.8 Å². The third kappa shape index (κ3) is 6.19. The quantitative estimate of drug-likeness (QED) is 0.148. The largest absolute Gasteiger partial charge is 0.497 e. The fraction of sp³-hybridized carbons (Fsp3) is 0.256. The number of nitrogens with one attached hydrogen (secondary N) is 1. The number of hydrogen-bond acceptors (Lipinski definition) is 6. The number of nitriles is 1. The number of sulfonamides is 1. The maximum atomic E-state index is 14.9. The predicted molar refractivity (Wildman–Crippen MR) is 214 cm³/mol. The normalized spacial score (nSPS) is 14.1. The summed E-state index contributed by atoms with van der Waals surface area (Å²) < 4.78 is 49.4. The second-order valence-electron chi connectivity index (χ2n) is 14.4. The Hall–Kier alpha value is -6.03. The van der Waals surface area contributed by atoms with E-state index in [0.717, 1.165) is 34.6 Å². The van der Waals surface area contributed by atoms with Crippen LogP contribution in [0.2, 0.25) is 0 Å². The molecule has 8 rings (SSSR count). The molecule has 3 aromatic heterocycles. The zero-order chi connectivity index (χ0) is 38.5. The van der Waals surface area contributed by atoms with Crippen LogP contribution in [0.3, 0.4) is 0 Å². The Bertz CT molecular complexity index is 2810. The molecule has 0 spiro atoms. The van der Waals surface area contributed by atoms with Gasteiger partial charge in [0, 0.05) is 65.0 Å². The molecule has 1 fully saturated rings. The average Bonchev–Trinajstić information content (AvgIpc) is 3.94. The van der Waals surface area contributed by atoms with Crippen molar-refractivity contribution in [2.45, 2.75) is 56.1 Å². The van der Waals surface area contributed by atoms with Crippen LogP contribution in [0.4, 0.5) is 0 Å². The summed E-state index contributed by atoms with van der Waals surface area (Å²) in [4.78, 5) is 15.2. The van der Waals surface area contributed by atoms with Gasteiger partial charge in [-0.25, -0.2) is 17.9 Å². The first-order chi connectivity index (χ1) is 26.6. The molecule has 3 heterocycles. The van der Waals surface area contributed by atoms with Crippen LogP contribution in [0.5, 0.6) is 11.5 Å². The minimum absolute atomic E-state index is 0.0715. The van der Waals surface area contributed by atoms with Crippen molar-refractivity contribution in [3.63, 3.8) is 0 Å². The fourth-order valence-corrected chi connectivity index (χ4v) is 10.1. The zero-order valence-electron chi connectivity index (χ0n) is 31.2. The summed E-state index contributed by atoms with van der Waals surface area (Å²) in [6, 6.07) is 30.6. The molecule has 280 valence electrons. The van der Waals surface area contributed by atoms with Crippen LogP contribution in [0, 0.1) is 18.3 Å². The number of aryl methyl sites for hydroxylation is 2. The lowest BCUT2D eigenvalue weighted by Crippen LogP contribution is -2.49. The van der Waals surface area contributed by atoms with Crippen LogP contribution >= 0.6 is 0 Å². The fourth-order valence-electron chi connectivity index (χ4n) is 8.36. The van der Waals surface area contributed by atoms with Gasteiger partial charge in [-0.05, 0) is 55.7 Å². The number of benzene rings is 4. The standard InChI is InChI=1S/C43H42N6O5S/c1-29-13-5-10-18-40(29)55(51,52)45-43(21-11-12-22-43)28-47-26-34(32-14-6-9-17-36(32)47)41-37(24-44)48(25-30-19-20-31(53-3)23-39(30)54-4)42(50)49(41)38-27-46(2)35-16-8-7-15-33(35)38/h5-10,13-20,23,26-27,45H,11-12,21-22,25,28H2,1-4H3. The van der Waals surface area contributed by atoms with Crippen LogP contribution in [-0.2, 0) is 30.2 Å². The van der Waals surface area contributed by atoms with Crippen molar-refractivity contribution in [3.8, 4) is 34.5 Å². The molecule has 1 aliphatic carbocycles. The number of ether oxygens (including phenoxy) is 2. The molecular weight excluding hydrogens is 713 g/mol. The number of para-hydroxylation sites is 2. The Kier molecular flexibility index (Phi) is 9.15. The molecule has 0 radical (unpaired) electrons. The first-order valence-electron chi connectivity index (χ1n) is 18.3. The van der Waals surface area contributed by atoms with E-state index in [2.05, 4.69) is 15.4 Å². The molecule has 0 aliphatic heterocycles. The van der Waals surface area contributed by atoms with Crippen molar-refractivity contribution in [1.29, 1.82) is 5.26 Å². The van der Waals surface area contributed by atoms with E-state index in [9.17, 15) is 18.5 Å². The summed E-state index contributed by atoms with van der Waals surface area (Å²) in [5.74, 6) is 1.14. The number of rotatable bonds is 11. The molecule has 0 saturated heterocycles. The summed E-state index contributed by atoms with van der Waals surface area (Å²) >= 11 is 0. The lowest BCUT2D eigenvalue weighted by molar-refractivity contribution is 0.339. The second-order valence-corrected chi connectivity index (χ2v) is 16.0. The van der Waals surface area contributed by atoms with Crippen LogP contribution < -0.4 is 19.9 Å². The Morgan fingerprint density at radius 1 is 0.873 bits per heavy atom. The highest BCUT2D eigenvalue weighted by molar-refractivity contribution is 7.89. The molecule has 1 N–H and O–H groups in total. The zero-order valence-corrected chi connectivity index (χ0v) is 32.1. The average molecular weight is 755 g/mol. The molecule has 0 amide bonds. The highest BCUT2D eigenvalue weighted by atomic mass is 32.2. The van der Waals surface area contributed by atoms with E-state index in [-0.39, 0.29) is 22.8 Å². The molecule has 0 atom stereocenters. The number of hydrogen-bond donors (Lipinski definition) is 1. The maximum absolute atomic E-state index is 14.9. The molecule has 4 aromatic carbocycles. The van der Waals surface area contributed by atoms with E-state index >= 15 is 0 Å². The number of fused-ring (bicyclic) bond motifs is 2. The number of nitrogens with zero attached hydrogens (tertiary/aromatic N) is 5. The molecule has 0 bridgehead atoms. The Balaban J connectivity index is 1.34. The van der Waals surface area contributed by atoms with Crippen molar-refractivity contribution in [1.82, 2.24) is 23.0 Å². The maximum Gasteiger partial charge on any atom is 0.334 e. The predicted octanol–water partition coefficient (Wildman–Crippen LogP) is 7.29. The SMILES string of the molecule is COc1ccc(Cn2c(C#N)c(-c3cn(CC4(NS(=O)(=O)c5ccccc5C)CCCC4)c4ccccc34)n(-c3cn(C)c4ccccc34)c2=O)c(OC)c1. The van der Waals surface area contributed by atoms with E-state index < -0.39 is 15.6 Å². The summed E-state index contributed by atoms with van der Waals surface area (Å²) in [6.45, 7) is 2.24. The molecular formula is C43H42N6O5S. The molecule has 0 unspecified atom stereocenters. The van der Waals surface area contributed by atoms with Gasteiger partial charge >= 0.3 is 5.69 Å². The lowest BCUT2D eigenvalue weighted by Gasteiger charge is -2.31. The Morgan fingerprint density at radius 2 is 1.56 bits per heavy atom. The molecule has 7 aromatic rings. The van der Waals surface area contributed by atoms with E-state index in [4.69, 9.17) is 9.47 Å². The monoisotopic (exact) mass is 754 g/mol. The van der Waals surface area contributed by atoms with Gasteiger partial charge in [-0.15, -0.1) is 0 Å². The molecule has 55 heavy (non-hydrogen) atoms. The van der Waals surface area contributed by atoms with Gasteiger partial charge in [-0.2, -0.15) is 5.26 Å². The molecule has 1 saturated carbocycles. The first-order valence-corrected chi connectivity index (χ1v) is 19.8. The van der Waals surface area contributed by atoms with Crippen molar-refractivity contribution in [2.24, 2.45) is 7.05 Å². The van der Waals surface area contributed by atoms with Crippen LogP contribution in [0.15, 0.2) is 113 Å². The van der Waals surface area contributed by atoms with Gasteiger partial charge in [0.05, 0.1) is 42.6 Å². The highest BCUT2D eigenvalue weighted by Crippen LogP contribution is 2.39. The van der Waals surface area contributed by atoms with Gasteiger partial charge < -0.3 is 18.6 Å². The molecule has 1 aliphatic rings. The number of methoxy groups -OCH3 is 2. The first kappa shape index (κ1) is 36.0. The van der Waals surface area contributed by atoms with Crippen molar-refractivity contribution >= 4 is 31.8 Å². The van der Waals surface area contributed by atoms with Gasteiger partial charge in [-0.3, -0.25) is 9.13 Å². The van der Waals surface area contributed by atoms with Gasteiger partial charge in [0.2, 0.25) is 10.0 Å². The van der Waals surface area contributed by atoms with E-state index in [1.54, 1.807) is 56.0 Å². The summed E-state index contributed by atoms with van der Waals surface area (Å²) in [5, 5.41) is 12.7. The van der Waals surface area contributed by atoms with Gasteiger partial charge in [0.25, 0.3) is 0 Å². The third-order valence-corrected chi connectivity index (χ3v) is 12.7. The Morgan fingerprint density at radius 3 is 2.27 bits per heavy atom. The molecule has 11 nitrogen and oxygen atoms in total. The number of aromatic nitrogens is 4. The van der Waals surface area contributed by atoms with Crippen molar-refractivity contribution in [2.75, 3.05) is 14.2 Å². The van der Waals surface area contributed by atoms with Crippen molar-refractivity contribution in [3.05, 3.63) is 131 Å². The molecule has 12 heteroatoms. The van der Waals surface area contributed by atoms with Gasteiger partial charge in [0.1, 0.15) is 23.3 Å². The third-order valence-electron chi connectivity index (χ3n) is 11.0. The smallest absolute Gasteiger partial charge is 0.334 e. The Labute approximate surface area is 319 Å². The summed E-state index contributed by atoms with van der Waals surface area (Å²) in [7, 11) is 1.23. The summed E-state index contributed by atoms with van der Waals surface area (Å²) in [5.41, 5.74) is 4.04. The van der Waals surface area contributed by atoms with E-state index in [1.165, 1.54) is 4.57 Å². The summed E-state index contributed by atoms with van der Waals surface area (Å²) in [6.07, 6.45) is 7.01. The van der Waals surface area contributed by atoms with Crippen LogP contribution in [-0.4, -0.2) is 46.4 Å². The van der Waals surface area contributed by atoms with E-state index in [0.29, 0.717) is 59.0 Å². The van der Waals surface area contributed by atoms with Crippen LogP contribution in [0.1, 0.15) is 42.5 Å². The highest BCUT2D eigenvalue weighted by Gasteiger charge is 2.39. The lowest BCUT2D eigenvalue weighted by atomic mass is 9.99. The van der Waals surface area contributed by atoms with Crippen molar-refractivity contribution < 1.29 is 17.9 Å². The van der Waals surface area contributed by atoms with Gasteiger partial charge in [0.15, 0.2) is 0 Å². The minimum atomic E-state index is -3.84. The minimum Gasteiger partial charge on any atom is -0.497 e. The van der Waals surface area contributed by atoms with E-state index in [1.807, 2.05) is 84.7 Å². The number of imidazole rings is 1. The van der Waals surface area contributed by atoms with Gasteiger partial charge in [-0.1, -0.05) is 67.4 Å².